The maximum absolute atomic E-state index is 11.4. The molecule has 0 bridgehead atoms. The summed E-state index contributed by atoms with van der Waals surface area (Å²) in [5.74, 6) is -0.424. The lowest BCUT2D eigenvalue weighted by molar-refractivity contribution is -0.146. The number of hydrogen-bond acceptors (Lipinski definition) is 1. The SMILES string of the molecule is CC1(C)CCC(C(=O)O)C(CCc2ccccc2)C1. The first-order valence-electron chi connectivity index (χ1n) is 7.25. The van der Waals surface area contributed by atoms with Crippen LogP contribution in [0.15, 0.2) is 30.3 Å². The molecule has 0 saturated heterocycles. The Balaban J connectivity index is 2.00. The second-order valence-corrected chi connectivity index (χ2v) is 6.64. The van der Waals surface area contributed by atoms with Crippen molar-refractivity contribution in [3.05, 3.63) is 35.9 Å². The predicted molar refractivity (Wildman–Crippen MR) is 77.0 cm³/mol. The van der Waals surface area contributed by atoms with Crippen LogP contribution in [0.4, 0.5) is 0 Å². The first-order valence-corrected chi connectivity index (χ1v) is 7.25. The van der Waals surface area contributed by atoms with Crippen molar-refractivity contribution >= 4 is 5.97 Å². The number of carboxylic acid groups (broad SMARTS) is 1. The summed E-state index contributed by atoms with van der Waals surface area (Å²) in [5.41, 5.74) is 1.61. The molecule has 2 rings (SSSR count). The van der Waals surface area contributed by atoms with Gasteiger partial charge in [-0.2, -0.15) is 0 Å². The van der Waals surface area contributed by atoms with Crippen molar-refractivity contribution in [2.75, 3.05) is 0 Å². The van der Waals surface area contributed by atoms with Gasteiger partial charge in [-0.1, -0.05) is 44.2 Å². The molecule has 1 aliphatic carbocycles. The minimum absolute atomic E-state index is 0.142. The highest BCUT2D eigenvalue weighted by Crippen LogP contribution is 2.43. The summed E-state index contributed by atoms with van der Waals surface area (Å²) in [6.45, 7) is 4.53. The Kier molecular flexibility index (Phi) is 4.28. The summed E-state index contributed by atoms with van der Waals surface area (Å²) in [5, 5.41) is 9.38. The minimum Gasteiger partial charge on any atom is -0.481 e. The third-order valence-corrected chi connectivity index (χ3v) is 4.48. The summed E-state index contributed by atoms with van der Waals surface area (Å²) in [7, 11) is 0. The molecule has 2 atom stereocenters. The predicted octanol–water partition coefficient (Wildman–Crippen LogP) is 4.15. The van der Waals surface area contributed by atoms with Crippen molar-refractivity contribution in [3.63, 3.8) is 0 Å². The van der Waals surface area contributed by atoms with Crippen LogP contribution in [0.25, 0.3) is 0 Å². The number of carbonyl (C=O) groups is 1. The van der Waals surface area contributed by atoms with Gasteiger partial charge in [-0.3, -0.25) is 4.79 Å². The molecule has 2 heteroatoms. The molecule has 0 aromatic heterocycles. The molecule has 104 valence electrons. The van der Waals surface area contributed by atoms with Crippen LogP contribution in [0.3, 0.4) is 0 Å². The molecule has 1 N–H and O–H groups in total. The molecule has 0 heterocycles. The van der Waals surface area contributed by atoms with Gasteiger partial charge < -0.3 is 5.11 Å². The first-order chi connectivity index (χ1) is 8.98. The molecule has 1 aromatic carbocycles. The van der Waals surface area contributed by atoms with Crippen LogP contribution in [0, 0.1) is 17.3 Å². The van der Waals surface area contributed by atoms with Crippen molar-refractivity contribution in [1.82, 2.24) is 0 Å². The topological polar surface area (TPSA) is 37.3 Å². The Morgan fingerprint density at radius 3 is 2.63 bits per heavy atom. The molecule has 0 amide bonds. The molecule has 0 radical (unpaired) electrons. The number of carboxylic acids is 1. The molecular weight excluding hydrogens is 236 g/mol. The van der Waals surface area contributed by atoms with Crippen LogP contribution in [0.1, 0.15) is 45.1 Å². The highest BCUT2D eigenvalue weighted by Gasteiger charge is 2.37. The van der Waals surface area contributed by atoms with E-state index < -0.39 is 5.97 Å². The van der Waals surface area contributed by atoms with Crippen LogP contribution >= 0.6 is 0 Å². The fourth-order valence-corrected chi connectivity index (χ4v) is 3.36. The fourth-order valence-electron chi connectivity index (χ4n) is 3.36. The number of rotatable bonds is 4. The van der Waals surface area contributed by atoms with E-state index in [1.807, 2.05) is 6.07 Å². The second kappa shape index (κ2) is 5.77. The Morgan fingerprint density at radius 1 is 1.32 bits per heavy atom. The van der Waals surface area contributed by atoms with E-state index in [0.29, 0.717) is 11.3 Å². The molecule has 2 unspecified atom stereocenters. The van der Waals surface area contributed by atoms with Crippen LogP contribution in [-0.2, 0) is 11.2 Å². The van der Waals surface area contributed by atoms with E-state index in [4.69, 9.17) is 0 Å². The molecule has 2 nitrogen and oxygen atoms in total. The van der Waals surface area contributed by atoms with Gasteiger partial charge in [0.05, 0.1) is 5.92 Å². The van der Waals surface area contributed by atoms with Crippen LogP contribution in [0.5, 0.6) is 0 Å². The Labute approximate surface area is 115 Å². The van der Waals surface area contributed by atoms with Gasteiger partial charge in [0.1, 0.15) is 0 Å². The van der Waals surface area contributed by atoms with Gasteiger partial charge in [0, 0.05) is 0 Å². The zero-order chi connectivity index (χ0) is 13.9. The quantitative estimate of drug-likeness (QED) is 0.883. The number of benzene rings is 1. The average molecular weight is 260 g/mol. The van der Waals surface area contributed by atoms with E-state index in [0.717, 1.165) is 32.1 Å². The summed E-state index contributed by atoms with van der Waals surface area (Å²) in [6.07, 6.45) is 4.89. The maximum atomic E-state index is 11.4. The third-order valence-electron chi connectivity index (χ3n) is 4.48. The molecule has 19 heavy (non-hydrogen) atoms. The number of aliphatic carboxylic acids is 1. The molecule has 0 spiro atoms. The number of aryl methyl sites for hydroxylation is 1. The minimum atomic E-state index is -0.603. The molecule has 1 aromatic rings. The Hall–Kier alpha value is -1.31. The monoisotopic (exact) mass is 260 g/mol. The third kappa shape index (κ3) is 3.82. The van der Waals surface area contributed by atoms with E-state index in [1.165, 1.54) is 5.56 Å². The van der Waals surface area contributed by atoms with E-state index in [-0.39, 0.29) is 5.92 Å². The molecule has 0 aliphatic heterocycles. The summed E-state index contributed by atoms with van der Waals surface area (Å²) in [6, 6.07) is 10.4. The molecular formula is C17H24O2. The van der Waals surface area contributed by atoms with E-state index >= 15 is 0 Å². The lowest BCUT2D eigenvalue weighted by Gasteiger charge is -2.39. The van der Waals surface area contributed by atoms with Gasteiger partial charge in [-0.25, -0.2) is 0 Å². The van der Waals surface area contributed by atoms with Crippen molar-refractivity contribution in [2.45, 2.75) is 46.0 Å². The van der Waals surface area contributed by atoms with E-state index in [1.54, 1.807) is 0 Å². The lowest BCUT2D eigenvalue weighted by Crippen LogP contribution is -2.34. The van der Waals surface area contributed by atoms with Gasteiger partial charge in [-0.05, 0) is 49.0 Å². The summed E-state index contributed by atoms with van der Waals surface area (Å²) in [4.78, 5) is 11.4. The zero-order valence-corrected chi connectivity index (χ0v) is 11.9. The normalized spacial score (nSPS) is 26.0. The van der Waals surface area contributed by atoms with Gasteiger partial charge >= 0.3 is 5.97 Å². The maximum Gasteiger partial charge on any atom is 0.306 e. The molecule has 1 fully saturated rings. The van der Waals surface area contributed by atoms with Crippen LogP contribution in [-0.4, -0.2) is 11.1 Å². The van der Waals surface area contributed by atoms with Gasteiger partial charge in [0.2, 0.25) is 0 Å². The first kappa shape index (κ1) is 14.1. The molecule has 1 saturated carbocycles. The van der Waals surface area contributed by atoms with Gasteiger partial charge in [0.25, 0.3) is 0 Å². The Morgan fingerprint density at radius 2 is 2.00 bits per heavy atom. The van der Waals surface area contributed by atoms with Crippen molar-refractivity contribution < 1.29 is 9.90 Å². The fraction of sp³-hybridized carbons (Fsp3) is 0.588. The van der Waals surface area contributed by atoms with Gasteiger partial charge in [-0.15, -0.1) is 0 Å². The van der Waals surface area contributed by atoms with Crippen molar-refractivity contribution in [2.24, 2.45) is 17.3 Å². The standard InChI is InChI=1S/C17H24O2/c1-17(2)11-10-15(16(18)19)14(12-17)9-8-13-6-4-3-5-7-13/h3-7,14-15H,8-12H2,1-2H3,(H,18,19). The van der Waals surface area contributed by atoms with E-state index in [9.17, 15) is 9.90 Å². The second-order valence-electron chi connectivity index (χ2n) is 6.64. The smallest absolute Gasteiger partial charge is 0.306 e. The van der Waals surface area contributed by atoms with Crippen LogP contribution < -0.4 is 0 Å². The average Bonchev–Trinajstić information content (AvgIpc) is 2.36. The highest BCUT2D eigenvalue weighted by molar-refractivity contribution is 5.70. The largest absolute Gasteiger partial charge is 0.481 e. The zero-order valence-electron chi connectivity index (χ0n) is 11.9. The molecule has 1 aliphatic rings. The summed E-state index contributed by atoms with van der Waals surface area (Å²) >= 11 is 0. The van der Waals surface area contributed by atoms with Gasteiger partial charge in [0.15, 0.2) is 0 Å². The van der Waals surface area contributed by atoms with Crippen molar-refractivity contribution in [1.29, 1.82) is 0 Å². The Bertz CT molecular complexity index is 422. The summed E-state index contributed by atoms with van der Waals surface area (Å²) < 4.78 is 0. The van der Waals surface area contributed by atoms with E-state index in [2.05, 4.69) is 38.1 Å². The number of hydrogen-bond donors (Lipinski definition) is 1. The highest BCUT2D eigenvalue weighted by atomic mass is 16.4. The lowest BCUT2D eigenvalue weighted by atomic mass is 9.66. The van der Waals surface area contributed by atoms with Crippen LogP contribution in [0.2, 0.25) is 0 Å². The van der Waals surface area contributed by atoms with Crippen molar-refractivity contribution in [3.8, 4) is 0 Å².